The summed E-state index contributed by atoms with van der Waals surface area (Å²) in [5.41, 5.74) is 1.31. The average molecular weight is 480 g/mol. The van der Waals surface area contributed by atoms with Crippen molar-refractivity contribution in [3.05, 3.63) is 70.4 Å². The van der Waals surface area contributed by atoms with Crippen LogP contribution in [0.2, 0.25) is 0 Å². The Bertz CT molecular complexity index is 1270. The lowest BCUT2D eigenvalue weighted by molar-refractivity contribution is 0.0187. The van der Waals surface area contributed by atoms with E-state index in [-0.39, 0.29) is 29.3 Å². The van der Waals surface area contributed by atoms with Crippen LogP contribution in [0.3, 0.4) is 0 Å². The molecule has 2 aromatic heterocycles. The first kappa shape index (κ1) is 24.4. The van der Waals surface area contributed by atoms with Gasteiger partial charge in [0.25, 0.3) is 11.5 Å². The van der Waals surface area contributed by atoms with E-state index in [2.05, 4.69) is 5.32 Å². The van der Waals surface area contributed by atoms with Gasteiger partial charge in [0.05, 0.1) is 11.4 Å². The molecule has 35 heavy (non-hydrogen) atoms. The monoisotopic (exact) mass is 479 g/mol. The van der Waals surface area contributed by atoms with Gasteiger partial charge in [-0.3, -0.25) is 14.3 Å². The molecule has 1 aliphatic rings. The number of para-hydroxylation sites is 1. The summed E-state index contributed by atoms with van der Waals surface area (Å²) in [6.07, 6.45) is 2.98. The summed E-state index contributed by atoms with van der Waals surface area (Å²) < 4.78 is 10.7. The second-order valence-electron chi connectivity index (χ2n) is 9.89. The van der Waals surface area contributed by atoms with Gasteiger partial charge in [0.2, 0.25) is 0 Å². The molecule has 4 rings (SSSR count). The van der Waals surface area contributed by atoms with E-state index in [1.54, 1.807) is 22.7 Å². The molecule has 0 aliphatic carbocycles. The number of ether oxygens (including phenoxy) is 1. The fourth-order valence-corrected chi connectivity index (χ4v) is 4.45. The predicted octanol–water partition coefficient (Wildman–Crippen LogP) is 4.11. The third-order valence-electron chi connectivity index (χ3n) is 6.31. The molecule has 0 saturated carbocycles. The highest BCUT2D eigenvalue weighted by Gasteiger charge is 2.29. The van der Waals surface area contributed by atoms with Gasteiger partial charge in [0.1, 0.15) is 17.0 Å². The maximum atomic E-state index is 13.3. The molecule has 0 spiro atoms. The molecule has 3 heterocycles. The van der Waals surface area contributed by atoms with Gasteiger partial charge in [-0.15, -0.1) is 0 Å². The number of anilines is 1. The van der Waals surface area contributed by atoms with Gasteiger partial charge < -0.3 is 19.5 Å². The molecular weight excluding hydrogens is 446 g/mol. The predicted molar refractivity (Wildman–Crippen MR) is 134 cm³/mol. The minimum atomic E-state index is -0.533. The number of amides is 2. The number of carbonyl (C=O) groups excluding carboxylic acids is 2. The smallest absolute Gasteiger partial charge is 0.410 e. The van der Waals surface area contributed by atoms with Crippen molar-refractivity contribution in [1.82, 2.24) is 18.8 Å². The van der Waals surface area contributed by atoms with Gasteiger partial charge >= 0.3 is 6.09 Å². The maximum Gasteiger partial charge on any atom is 0.410 e. The number of nitrogens with zero attached hydrogens (tertiary/aromatic N) is 4. The summed E-state index contributed by atoms with van der Waals surface area (Å²) in [6, 6.07) is 13.0. The minimum absolute atomic E-state index is 0.0716. The van der Waals surface area contributed by atoms with Crippen molar-refractivity contribution in [2.75, 3.05) is 18.4 Å². The number of piperidine rings is 1. The van der Waals surface area contributed by atoms with Crippen LogP contribution >= 0.6 is 0 Å². The lowest BCUT2D eigenvalue weighted by Crippen LogP contribution is -2.42. The number of hydrogen-bond acceptors (Lipinski definition) is 4. The topological polar surface area (TPSA) is 90.5 Å². The molecule has 9 heteroatoms. The first-order valence-corrected chi connectivity index (χ1v) is 11.9. The van der Waals surface area contributed by atoms with Crippen molar-refractivity contribution in [2.24, 2.45) is 7.05 Å². The lowest BCUT2D eigenvalue weighted by atomic mass is 10.0. The molecule has 0 bridgehead atoms. The van der Waals surface area contributed by atoms with Crippen LogP contribution in [0.15, 0.2) is 53.5 Å². The zero-order valence-corrected chi connectivity index (χ0v) is 20.9. The average Bonchev–Trinajstić information content (AvgIpc) is 3.38. The summed E-state index contributed by atoms with van der Waals surface area (Å²) in [5.74, 6) is -0.337. The Morgan fingerprint density at radius 3 is 2.31 bits per heavy atom. The largest absolute Gasteiger partial charge is 0.444 e. The van der Waals surface area contributed by atoms with Crippen LogP contribution in [0.4, 0.5) is 10.5 Å². The zero-order valence-electron chi connectivity index (χ0n) is 20.9. The van der Waals surface area contributed by atoms with Crippen molar-refractivity contribution in [2.45, 2.75) is 52.2 Å². The fraction of sp³-hybridized carbons (Fsp3) is 0.423. The Hall–Kier alpha value is -3.75. The summed E-state index contributed by atoms with van der Waals surface area (Å²) in [7, 11) is 1.79. The van der Waals surface area contributed by atoms with Gasteiger partial charge in [0, 0.05) is 32.4 Å². The highest BCUT2D eigenvalue weighted by molar-refractivity contribution is 6.03. The molecule has 1 aliphatic heterocycles. The highest BCUT2D eigenvalue weighted by Crippen LogP contribution is 2.26. The fourth-order valence-electron chi connectivity index (χ4n) is 4.45. The number of benzene rings is 1. The van der Waals surface area contributed by atoms with Crippen molar-refractivity contribution in [1.29, 1.82) is 0 Å². The number of hydrogen-bond donors (Lipinski definition) is 1. The Balaban J connectivity index is 1.49. The van der Waals surface area contributed by atoms with E-state index in [4.69, 9.17) is 4.74 Å². The van der Waals surface area contributed by atoms with E-state index >= 15 is 0 Å². The molecule has 1 fully saturated rings. The van der Waals surface area contributed by atoms with Crippen molar-refractivity contribution < 1.29 is 14.3 Å². The first-order valence-electron chi connectivity index (χ1n) is 11.9. The van der Waals surface area contributed by atoms with E-state index in [0.717, 1.165) is 5.69 Å². The maximum absolute atomic E-state index is 13.3. The number of rotatable bonds is 4. The van der Waals surface area contributed by atoms with Crippen LogP contribution in [0, 0.1) is 6.92 Å². The van der Waals surface area contributed by atoms with Gasteiger partial charge in [-0.25, -0.2) is 9.48 Å². The van der Waals surface area contributed by atoms with Crippen LogP contribution in [-0.4, -0.2) is 49.5 Å². The van der Waals surface area contributed by atoms with Crippen molar-refractivity contribution in [3.63, 3.8) is 0 Å². The SMILES string of the molecule is Cc1c(NC(=O)c2cccn2C2CCN(C(=O)OC(C)(C)C)CC2)c(=O)n(-c2ccccc2)n1C. The second-order valence-corrected chi connectivity index (χ2v) is 9.89. The lowest BCUT2D eigenvalue weighted by Gasteiger charge is -2.34. The number of carbonyl (C=O) groups is 2. The Kier molecular flexibility index (Phi) is 6.60. The van der Waals surface area contributed by atoms with Crippen LogP contribution in [0.5, 0.6) is 0 Å². The molecule has 186 valence electrons. The molecular formula is C26H33N5O4. The number of likely N-dealkylation sites (tertiary alicyclic amines) is 1. The Morgan fingerprint density at radius 2 is 1.69 bits per heavy atom. The quantitative estimate of drug-likeness (QED) is 0.610. The van der Waals surface area contributed by atoms with Crippen LogP contribution in [0.1, 0.15) is 55.8 Å². The van der Waals surface area contributed by atoms with E-state index in [9.17, 15) is 14.4 Å². The van der Waals surface area contributed by atoms with Crippen LogP contribution in [-0.2, 0) is 11.8 Å². The molecule has 3 aromatic rings. The standard InChI is InChI=1S/C26H33N5O4/c1-18-22(24(33)31(28(18)5)20-10-7-6-8-11-20)27-23(32)21-12-9-15-30(21)19-13-16-29(17-14-19)25(34)35-26(2,3)4/h6-12,15,19H,13-14,16-17H2,1-5H3,(H,27,32). The highest BCUT2D eigenvalue weighted by atomic mass is 16.6. The normalized spacial score (nSPS) is 14.7. The molecule has 0 atom stereocenters. The van der Waals surface area contributed by atoms with Crippen molar-refractivity contribution in [3.8, 4) is 5.69 Å². The second kappa shape index (κ2) is 9.48. The summed E-state index contributed by atoms with van der Waals surface area (Å²) >= 11 is 0. The molecule has 2 amide bonds. The minimum Gasteiger partial charge on any atom is -0.444 e. The van der Waals surface area contributed by atoms with Gasteiger partial charge in [-0.05, 0) is 64.8 Å². The zero-order chi connectivity index (χ0) is 25.3. The summed E-state index contributed by atoms with van der Waals surface area (Å²) in [4.78, 5) is 40.5. The summed E-state index contributed by atoms with van der Waals surface area (Å²) in [6.45, 7) is 8.47. The first-order chi connectivity index (χ1) is 16.6. The van der Waals surface area contributed by atoms with Gasteiger partial charge in [0.15, 0.2) is 0 Å². The van der Waals surface area contributed by atoms with Crippen molar-refractivity contribution >= 4 is 17.7 Å². The number of aromatic nitrogens is 3. The van der Waals surface area contributed by atoms with Crippen LogP contribution in [0.25, 0.3) is 5.69 Å². The van der Waals surface area contributed by atoms with E-state index in [1.165, 1.54) is 4.68 Å². The molecule has 1 saturated heterocycles. The third-order valence-corrected chi connectivity index (χ3v) is 6.31. The molecule has 9 nitrogen and oxygen atoms in total. The van der Waals surface area contributed by atoms with E-state index < -0.39 is 5.60 Å². The van der Waals surface area contributed by atoms with E-state index in [1.807, 2.05) is 74.9 Å². The third kappa shape index (κ3) is 5.03. The molecule has 0 radical (unpaired) electrons. The molecule has 1 aromatic carbocycles. The van der Waals surface area contributed by atoms with E-state index in [0.29, 0.717) is 37.3 Å². The Morgan fingerprint density at radius 1 is 1.03 bits per heavy atom. The molecule has 1 N–H and O–H groups in total. The van der Waals surface area contributed by atoms with Gasteiger partial charge in [-0.2, -0.15) is 0 Å². The van der Waals surface area contributed by atoms with Gasteiger partial charge in [-0.1, -0.05) is 18.2 Å². The Labute approximate surface area is 204 Å². The number of nitrogens with one attached hydrogen (secondary N) is 1. The van der Waals surface area contributed by atoms with Crippen LogP contribution < -0.4 is 10.9 Å². The summed E-state index contributed by atoms with van der Waals surface area (Å²) in [5, 5.41) is 2.85. The molecule has 0 unspecified atom stereocenters.